The van der Waals surface area contributed by atoms with Crippen molar-refractivity contribution in [1.82, 2.24) is 0 Å². The summed E-state index contributed by atoms with van der Waals surface area (Å²) < 4.78 is 11.6. The Balaban J connectivity index is 5.17. The Morgan fingerprint density at radius 3 is 1.31 bits per heavy atom. The van der Waals surface area contributed by atoms with Crippen LogP contribution in [0.1, 0.15) is 80.1 Å². The first-order chi connectivity index (χ1) is 11.9. The quantitative estimate of drug-likeness (QED) is 0.330. The zero-order valence-electron chi connectivity index (χ0n) is 17.3. The first-order valence-corrected chi connectivity index (χ1v) is 10.9. The van der Waals surface area contributed by atoms with Crippen LogP contribution in [-0.2, 0) is 19.1 Å². The van der Waals surface area contributed by atoms with E-state index < -0.39 is 11.2 Å². The second kappa shape index (κ2) is 12.2. The number of ether oxygens (including phenoxy) is 2. The van der Waals surface area contributed by atoms with Gasteiger partial charge in [-0.05, 0) is 51.4 Å². The van der Waals surface area contributed by atoms with E-state index in [1.807, 2.05) is 13.8 Å². The molecule has 0 aromatic rings. The maximum absolute atomic E-state index is 12.0. The van der Waals surface area contributed by atoms with Crippen LogP contribution >= 0.6 is 25.3 Å². The molecule has 4 nitrogen and oxygen atoms in total. The minimum atomic E-state index is -0.567. The van der Waals surface area contributed by atoms with Gasteiger partial charge in [-0.1, -0.05) is 27.7 Å². The molecule has 26 heavy (non-hydrogen) atoms. The zero-order chi connectivity index (χ0) is 20.4. The summed E-state index contributed by atoms with van der Waals surface area (Å²) in [4.78, 5) is 24.1. The van der Waals surface area contributed by atoms with Gasteiger partial charge in [0.2, 0.25) is 0 Å². The molecule has 0 aliphatic rings. The molecule has 0 bridgehead atoms. The second-order valence-corrected chi connectivity index (χ2v) is 9.39. The van der Waals surface area contributed by atoms with E-state index in [9.17, 15) is 9.59 Å². The van der Waals surface area contributed by atoms with Gasteiger partial charge in [-0.25, -0.2) is 0 Å². The van der Waals surface area contributed by atoms with Crippen molar-refractivity contribution in [2.75, 3.05) is 11.5 Å². The van der Waals surface area contributed by atoms with Gasteiger partial charge < -0.3 is 9.47 Å². The topological polar surface area (TPSA) is 52.6 Å². The fraction of sp³-hybridized carbons (Fsp3) is 0.900. The molecule has 2 atom stereocenters. The third-order valence-corrected chi connectivity index (χ3v) is 4.66. The second-order valence-electron chi connectivity index (χ2n) is 8.49. The molecule has 0 aliphatic carbocycles. The lowest BCUT2D eigenvalue weighted by Gasteiger charge is -2.37. The Kier molecular flexibility index (Phi) is 12.0. The molecule has 0 spiro atoms. The first kappa shape index (κ1) is 25.6. The number of rotatable bonds is 13. The molecule has 0 fully saturated rings. The number of hydrogen-bond acceptors (Lipinski definition) is 6. The molecule has 0 heterocycles. The van der Waals surface area contributed by atoms with Crippen LogP contribution in [0.15, 0.2) is 0 Å². The summed E-state index contributed by atoms with van der Waals surface area (Å²) in [6.07, 6.45) is 3.46. The van der Waals surface area contributed by atoms with Gasteiger partial charge in [0, 0.05) is 11.5 Å². The van der Waals surface area contributed by atoms with Crippen molar-refractivity contribution in [2.24, 2.45) is 11.8 Å². The van der Waals surface area contributed by atoms with E-state index >= 15 is 0 Å². The van der Waals surface area contributed by atoms with Gasteiger partial charge in [-0.3, -0.25) is 9.59 Å². The van der Waals surface area contributed by atoms with Crippen LogP contribution in [0.2, 0.25) is 0 Å². The Morgan fingerprint density at radius 2 is 1.08 bits per heavy atom. The predicted molar refractivity (Wildman–Crippen MR) is 114 cm³/mol. The highest BCUT2D eigenvalue weighted by molar-refractivity contribution is 7.80. The molecule has 0 aromatic carbocycles. The summed E-state index contributed by atoms with van der Waals surface area (Å²) in [6, 6.07) is 0. The van der Waals surface area contributed by atoms with Crippen LogP contribution in [-0.4, -0.2) is 34.6 Å². The SMILES string of the molecule is CC(C)CC(C)(CCC(C)(CC(C)C)OC(=O)CCS)OC(=O)CCS. The van der Waals surface area contributed by atoms with E-state index in [-0.39, 0.29) is 11.9 Å². The van der Waals surface area contributed by atoms with Crippen LogP contribution in [0.25, 0.3) is 0 Å². The zero-order valence-corrected chi connectivity index (χ0v) is 19.1. The molecule has 0 amide bonds. The lowest BCUT2D eigenvalue weighted by molar-refractivity contribution is -0.168. The maximum atomic E-state index is 12.0. The van der Waals surface area contributed by atoms with Gasteiger partial charge in [-0.2, -0.15) is 25.3 Å². The Morgan fingerprint density at radius 1 is 0.769 bits per heavy atom. The number of thiol groups is 2. The molecular formula is C20H38O4S2. The van der Waals surface area contributed by atoms with Crippen molar-refractivity contribution in [1.29, 1.82) is 0 Å². The lowest BCUT2D eigenvalue weighted by Crippen LogP contribution is -2.39. The number of hydrogen-bond donors (Lipinski definition) is 2. The summed E-state index contributed by atoms with van der Waals surface area (Å²) >= 11 is 8.22. The smallest absolute Gasteiger partial charge is 0.307 e. The van der Waals surface area contributed by atoms with Crippen molar-refractivity contribution in [3.63, 3.8) is 0 Å². The summed E-state index contributed by atoms with van der Waals surface area (Å²) in [7, 11) is 0. The van der Waals surface area contributed by atoms with Gasteiger partial charge in [0.05, 0.1) is 12.8 Å². The normalized spacial score (nSPS) is 16.2. The Hall–Kier alpha value is -0.360. The van der Waals surface area contributed by atoms with Crippen LogP contribution in [0.4, 0.5) is 0 Å². The molecule has 154 valence electrons. The van der Waals surface area contributed by atoms with Gasteiger partial charge in [-0.15, -0.1) is 0 Å². The molecule has 0 aromatic heterocycles. The maximum Gasteiger partial charge on any atom is 0.307 e. The minimum Gasteiger partial charge on any atom is -0.459 e. The van der Waals surface area contributed by atoms with E-state index in [4.69, 9.17) is 9.47 Å². The van der Waals surface area contributed by atoms with Crippen molar-refractivity contribution in [3.05, 3.63) is 0 Å². The number of carbonyl (C=O) groups is 2. The van der Waals surface area contributed by atoms with Gasteiger partial charge in [0.15, 0.2) is 0 Å². The molecule has 0 rings (SSSR count). The average Bonchev–Trinajstić information content (AvgIpc) is 2.43. The molecule has 0 saturated heterocycles. The Bertz CT molecular complexity index is 400. The summed E-state index contributed by atoms with van der Waals surface area (Å²) in [5, 5.41) is 0. The summed E-state index contributed by atoms with van der Waals surface area (Å²) in [5.74, 6) is 1.30. The standard InChI is InChI=1S/C20H38O4S2/c1-15(2)13-19(5,23-17(21)7-11-25)9-10-20(6,14-16(3)4)24-18(22)8-12-26/h15-16,25-26H,7-14H2,1-6H3. The van der Waals surface area contributed by atoms with E-state index in [1.165, 1.54) is 0 Å². The molecule has 0 aliphatic heterocycles. The van der Waals surface area contributed by atoms with Crippen LogP contribution in [0.5, 0.6) is 0 Å². The Labute approximate surface area is 171 Å². The van der Waals surface area contributed by atoms with Gasteiger partial charge in [0.1, 0.15) is 11.2 Å². The highest BCUT2D eigenvalue weighted by atomic mass is 32.1. The van der Waals surface area contributed by atoms with E-state index in [0.29, 0.717) is 49.0 Å². The lowest BCUT2D eigenvalue weighted by atomic mass is 9.82. The molecular weight excluding hydrogens is 368 g/mol. The van der Waals surface area contributed by atoms with Gasteiger partial charge >= 0.3 is 11.9 Å². The van der Waals surface area contributed by atoms with Gasteiger partial charge in [0.25, 0.3) is 0 Å². The highest BCUT2D eigenvalue weighted by Gasteiger charge is 2.36. The van der Waals surface area contributed by atoms with Crippen LogP contribution in [0.3, 0.4) is 0 Å². The molecule has 0 saturated carbocycles. The van der Waals surface area contributed by atoms with E-state index in [1.54, 1.807) is 0 Å². The molecule has 2 unspecified atom stereocenters. The minimum absolute atomic E-state index is 0.221. The van der Waals surface area contributed by atoms with E-state index in [2.05, 4.69) is 53.0 Å². The van der Waals surface area contributed by atoms with E-state index in [0.717, 1.165) is 12.8 Å². The van der Waals surface area contributed by atoms with Crippen molar-refractivity contribution >= 4 is 37.2 Å². The fourth-order valence-electron chi connectivity index (χ4n) is 3.48. The van der Waals surface area contributed by atoms with Crippen molar-refractivity contribution in [2.45, 2.75) is 91.3 Å². The highest BCUT2D eigenvalue weighted by Crippen LogP contribution is 2.34. The fourth-order valence-corrected chi connectivity index (χ4v) is 3.84. The van der Waals surface area contributed by atoms with Crippen molar-refractivity contribution < 1.29 is 19.1 Å². The third-order valence-electron chi connectivity index (χ3n) is 4.22. The molecule has 0 N–H and O–H groups in total. The predicted octanol–water partition coefficient (Wildman–Crippen LogP) is 5.10. The average molecular weight is 407 g/mol. The molecule has 6 heteroatoms. The van der Waals surface area contributed by atoms with Crippen LogP contribution < -0.4 is 0 Å². The molecule has 0 radical (unpaired) electrons. The van der Waals surface area contributed by atoms with Crippen molar-refractivity contribution in [3.8, 4) is 0 Å². The van der Waals surface area contributed by atoms with Crippen LogP contribution in [0, 0.1) is 11.8 Å². The summed E-state index contributed by atoms with van der Waals surface area (Å²) in [5.41, 5.74) is -1.13. The summed E-state index contributed by atoms with van der Waals surface area (Å²) in [6.45, 7) is 12.4. The number of carbonyl (C=O) groups excluding carboxylic acids is 2. The first-order valence-electron chi connectivity index (χ1n) is 9.60. The monoisotopic (exact) mass is 406 g/mol. The number of esters is 2. The largest absolute Gasteiger partial charge is 0.459 e. The third kappa shape index (κ3) is 11.4.